The van der Waals surface area contributed by atoms with E-state index < -0.39 is 0 Å². The number of aryl methyl sites for hydroxylation is 2. The number of rotatable bonds is 5. The normalized spacial score (nSPS) is 12.1. The number of carbonyl (C=O) groups excluding carboxylic acids is 1. The first-order chi connectivity index (χ1) is 16.8. The highest BCUT2D eigenvalue weighted by atomic mass is 19.1. The molecule has 1 amide bonds. The molecule has 0 spiro atoms. The number of anilines is 2. The van der Waals surface area contributed by atoms with Crippen LogP contribution in [0.25, 0.3) is 16.8 Å². The highest BCUT2D eigenvalue weighted by Crippen LogP contribution is 2.29. The van der Waals surface area contributed by atoms with Crippen LogP contribution in [0.15, 0.2) is 67.3 Å². The van der Waals surface area contributed by atoms with Crippen molar-refractivity contribution in [3.63, 3.8) is 0 Å². The molecule has 5 rings (SSSR count). The number of nitrogens with one attached hydrogen (secondary N) is 1. The average Bonchev–Trinajstić information content (AvgIpc) is 3.44. The standard InChI is InChI=1S/C26H24FN7O/c1-15-4-5-19(23-10-16(2)24-25(28)29-14-31-34(23)24)11-22(15)26(35)32-21-12-30-33(13-21)17(3)18-6-8-20(27)9-7-18/h4-14,17H,1-3H3,(H,32,35)(H2,28,29,31). The molecule has 0 saturated heterocycles. The fourth-order valence-corrected chi connectivity index (χ4v) is 4.19. The molecule has 176 valence electrons. The van der Waals surface area contributed by atoms with Crippen LogP contribution in [0.1, 0.15) is 40.0 Å². The molecule has 0 radical (unpaired) electrons. The van der Waals surface area contributed by atoms with Crippen molar-refractivity contribution in [2.75, 3.05) is 11.1 Å². The van der Waals surface area contributed by atoms with E-state index in [1.807, 2.05) is 45.0 Å². The molecule has 0 bridgehead atoms. The van der Waals surface area contributed by atoms with E-state index in [1.165, 1.54) is 18.5 Å². The maximum absolute atomic E-state index is 13.2. The van der Waals surface area contributed by atoms with Crippen molar-refractivity contribution in [1.29, 1.82) is 0 Å². The third-order valence-corrected chi connectivity index (χ3v) is 6.16. The van der Waals surface area contributed by atoms with E-state index in [1.54, 1.807) is 33.7 Å². The molecule has 35 heavy (non-hydrogen) atoms. The number of aromatic nitrogens is 5. The molecule has 0 aliphatic carbocycles. The van der Waals surface area contributed by atoms with Crippen molar-refractivity contribution in [3.8, 4) is 11.3 Å². The summed E-state index contributed by atoms with van der Waals surface area (Å²) in [6.07, 6.45) is 4.77. The minimum atomic E-state index is -0.286. The van der Waals surface area contributed by atoms with Gasteiger partial charge >= 0.3 is 0 Å². The van der Waals surface area contributed by atoms with E-state index in [0.717, 1.165) is 33.5 Å². The number of hydrogen-bond acceptors (Lipinski definition) is 5. The third kappa shape index (κ3) is 4.12. The zero-order chi connectivity index (χ0) is 24.7. The SMILES string of the molecule is Cc1ccc(-c2cc(C)c3c(N)ncnn23)cc1C(=O)Nc1cnn(C(C)c2ccc(F)cc2)c1. The Morgan fingerprint density at radius 3 is 2.60 bits per heavy atom. The van der Waals surface area contributed by atoms with Gasteiger partial charge in [-0.05, 0) is 61.7 Å². The fraction of sp³-hybridized carbons (Fsp3) is 0.154. The summed E-state index contributed by atoms with van der Waals surface area (Å²) in [6, 6.07) is 13.8. The van der Waals surface area contributed by atoms with Gasteiger partial charge in [0.2, 0.25) is 0 Å². The van der Waals surface area contributed by atoms with E-state index in [-0.39, 0.29) is 17.8 Å². The molecule has 9 heteroatoms. The Labute approximate surface area is 201 Å². The molecule has 2 aromatic carbocycles. The predicted octanol–water partition coefficient (Wildman–Crippen LogP) is 4.79. The Kier molecular flexibility index (Phi) is 5.52. The summed E-state index contributed by atoms with van der Waals surface area (Å²) in [5.41, 5.74) is 12.3. The first kappa shape index (κ1) is 22.3. The van der Waals surface area contributed by atoms with Crippen LogP contribution in [-0.2, 0) is 0 Å². The van der Waals surface area contributed by atoms with E-state index in [9.17, 15) is 9.18 Å². The van der Waals surface area contributed by atoms with Crippen LogP contribution < -0.4 is 11.1 Å². The lowest BCUT2D eigenvalue weighted by Gasteiger charge is -2.12. The monoisotopic (exact) mass is 469 g/mol. The molecule has 3 aromatic heterocycles. The Morgan fingerprint density at radius 2 is 1.83 bits per heavy atom. The molecule has 5 aromatic rings. The van der Waals surface area contributed by atoms with Gasteiger partial charge in [0.1, 0.15) is 17.7 Å². The second kappa shape index (κ2) is 8.68. The van der Waals surface area contributed by atoms with Gasteiger partial charge in [0.05, 0.1) is 23.6 Å². The second-order valence-corrected chi connectivity index (χ2v) is 8.54. The highest BCUT2D eigenvalue weighted by molar-refractivity contribution is 6.06. The Balaban J connectivity index is 1.41. The van der Waals surface area contributed by atoms with Crippen LogP contribution in [0.5, 0.6) is 0 Å². The molecular weight excluding hydrogens is 445 g/mol. The Morgan fingerprint density at radius 1 is 1.06 bits per heavy atom. The van der Waals surface area contributed by atoms with Crippen LogP contribution in [0.2, 0.25) is 0 Å². The van der Waals surface area contributed by atoms with E-state index >= 15 is 0 Å². The van der Waals surface area contributed by atoms with Gasteiger partial charge in [-0.25, -0.2) is 13.9 Å². The molecule has 3 N–H and O–H groups in total. The van der Waals surface area contributed by atoms with Crippen molar-refractivity contribution in [3.05, 3.63) is 95.3 Å². The van der Waals surface area contributed by atoms with Gasteiger partial charge in [-0.1, -0.05) is 24.3 Å². The molecule has 0 aliphatic rings. The fourth-order valence-electron chi connectivity index (χ4n) is 4.19. The number of carbonyl (C=O) groups is 1. The highest BCUT2D eigenvalue weighted by Gasteiger charge is 2.17. The van der Waals surface area contributed by atoms with Gasteiger partial charge in [-0.15, -0.1) is 0 Å². The van der Waals surface area contributed by atoms with E-state index in [0.29, 0.717) is 17.1 Å². The molecule has 1 atom stereocenters. The summed E-state index contributed by atoms with van der Waals surface area (Å²) in [7, 11) is 0. The van der Waals surface area contributed by atoms with Gasteiger partial charge in [0.15, 0.2) is 5.82 Å². The van der Waals surface area contributed by atoms with Gasteiger partial charge in [-0.3, -0.25) is 9.48 Å². The summed E-state index contributed by atoms with van der Waals surface area (Å²) in [6.45, 7) is 5.80. The molecule has 3 heterocycles. The van der Waals surface area contributed by atoms with E-state index in [4.69, 9.17) is 5.73 Å². The van der Waals surface area contributed by atoms with Crippen LogP contribution in [0, 0.1) is 19.7 Å². The smallest absolute Gasteiger partial charge is 0.256 e. The van der Waals surface area contributed by atoms with Crippen molar-refractivity contribution in [2.24, 2.45) is 0 Å². The third-order valence-electron chi connectivity index (χ3n) is 6.16. The topological polar surface area (TPSA) is 103 Å². The summed E-state index contributed by atoms with van der Waals surface area (Å²) in [5.74, 6) is -0.128. The van der Waals surface area contributed by atoms with Crippen LogP contribution in [-0.4, -0.2) is 30.3 Å². The summed E-state index contributed by atoms with van der Waals surface area (Å²) in [4.78, 5) is 17.3. The zero-order valence-electron chi connectivity index (χ0n) is 19.5. The number of hydrogen-bond donors (Lipinski definition) is 2. The second-order valence-electron chi connectivity index (χ2n) is 8.54. The molecule has 0 aliphatic heterocycles. The minimum absolute atomic E-state index is 0.119. The molecule has 0 fully saturated rings. The number of nitrogens with two attached hydrogens (primary N) is 1. The van der Waals surface area contributed by atoms with Crippen LogP contribution in [0.4, 0.5) is 15.9 Å². The van der Waals surface area contributed by atoms with Crippen molar-refractivity contribution >= 4 is 22.9 Å². The molecule has 1 unspecified atom stereocenters. The Hall–Kier alpha value is -4.53. The maximum atomic E-state index is 13.2. The summed E-state index contributed by atoms with van der Waals surface area (Å²) >= 11 is 0. The molecule has 0 saturated carbocycles. The molecular formula is C26H24FN7O. The quantitative estimate of drug-likeness (QED) is 0.385. The van der Waals surface area contributed by atoms with Gasteiger partial charge in [0.25, 0.3) is 5.91 Å². The van der Waals surface area contributed by atoms with E-state index in [2.05, 4.69) is 20.5 Å². The van der Waals surface area contributed by atoms with Crippen LogP contribution in [0.3, 0.4) is 0 Å². The lowest BCUT2D eigenvalue weighted by atomic mass is 10.0. The predicted molar refractivity (Wildman–Crippen MR) is 133 cm³/mol. The lowest BCUT2D eigenvalue weighted by molar-refractivity contribution is 0.102. The Bertz CT molecular complexity index is 1550. The first-order valence-corrected chi connectivity index (χ1v) is 11.1. The molecule has 8 nitrogen and oxygen atoms in total. The van der Waals surface area contributed by atoms with Crippen molar-refractivity contribution < 1.29 is 9.18 Å². The summed E-state index contributed by atoms with van der Waals surface area (Å²) < 4.78 is 16.7. The summed E-state index contributed by atoms with van der Waals surface area (Å²) in [5, 5.41) is 11.6. The van der Waals surface area contributed by atoms with Crippen LogP contribution >= 0.6 is 0 Å². The maximum Gasteiger partial charge on any atom is 0.256 e. The van der Waals surface area contributed by atoms with Gasteiger partial charge < -0.3 is 11.1 Å². The average molecular weight is 470 g/mol. The number of amides is 1. The number of halogens is 1. The number of benzene rings is 2. The first-order valence-electron chi connectivity index (χ1n) is 11.1. The number of fused-ring (bicyclic) bond motifs is 1. The zero-order valence-corrected chi connectivity index (χ0v) is 19.5. The lowest BCUT2D eigenvalue weighted by Crippen LogP contribution is -2.13. The van der Waals surface area contributed by atoms with Crippen molar-refractivity contribution in [2.45, 2.75) is 26.8 Å². The number of nitrogens with zero attached hydrogens (tertiary/aromatic N) is 5. The van der Waals surface area contributed by atoms with Gasteiger partial charge in [-0.2, -0.15) is 10.2 Å². The number of nitrogen functional groups attached to an aromatic ring is 1. The van der Waals surface area contributed by atoms with Crippen molar-refractivity contribution in [1.82, 2.24) is 24.4 Å². The largest absolute Gasteiger partial charge is 0.382 e. The van der Waals surface area contributed by atoms with Gasteiger partial charge in [0, 0.05) is 17.3 Å². The minimum Gasteiger partial charge on any atom is -0.382 e.